The molecule has 3 rings (SSSR count). The molecule has 0 saturated heterocycles. The van der Waals surface area contributed by atoms with Crippen LogP contribution >= 0.6 is 7.82 Å². The van der Waals surface area contributed by atoms with Crippen LogP contribution in [0.3, 0.4) is 0 Å². The second-order valence-corrected chi connectivity index (χ2v) is 7.99. The van der Waals surface area contributed by atoms with E-state index < -0.39 is 20.3 Å². The number of carbonyl (C=O) groups excluding carboxylic acids is 1. The van der Waals surface area contributed by atoms with Gasteiger partial charge in [0.2, 0.25) is 11.5 Å². The van der Waals surface area contributed by atoms with E-state index in [2.05, 4.69) is 21.5 Å². The fraction of sp³-hybridized carbons (Fsp3) is 0.273. The SMILES string of the molecule is CC#Cc1c(OC)ccc2c(C(=O)c3cc(OC)c(OC)c(OC)c3)nn(COP(=O)(O)O)c12. The fourth-order valence-electron chi connectivity index (χ4n) is 3.41. The molecule has 180 valence electrons. The summed E-state index contributed by atoms with van der Waals surface area (Å²) in [4.78, 5) is 31.9. The Balaban J connectivity index is 2.27. The van der Waals surface area contributed by atoms with E-state index in [9.17, 15) is 19.1 Å². The monoisotopic (exact) mass is 490 g/mol. The molecule has 1 heterocycles. The summed E-state index contributed by atoms with van der Waals surface area (Å²) in [6.07, 6.45) is 0. The van der Waals surface area contributed by atoms with Crippen molar-refractivity contribution in [1.29, 1.82) is 0 Å². The molecule has 0 atom stereocenters. The zero-order valence-electron chi connectivity index (χ0n) is 19.1. The summed E-state index contributed by atoms with van der Waals surface area (Å²) in [5.74, 6) is 6.43. The van der Waals surface area contributed by atoms with Crippen LogP contribution in [-0.4, -0.2) is 53.8 Å². The lowest BCUT2D eigenvalue weighted by atomic mass is 10.0. The van der Waals surface area contributed by atoms with Gasteiger partial charge in [-0.05, 0) is 31.2 Å². The van der Waals surface area contributed by atoms with Gasteiger partial charge in [-0.2, -0.15) is 5.10 Å². The minimum absolute atomic E-state index is 0.000362. The number of carbonyl (C=O) groups is 1. The third-order valence-corrected chi connectivity index (χ3v) is 5.29. The molecule has 0 aliphatic rings. The summed E-state index contributed by atoms with van der Waals surface area (Å²) in [5.41, 5.74) is 0.891. The highest BCUT2D eigenvalue weighted by atomic mass is 31.2. The van der Waals surface area contributed by atoms with E-state index in [1.54, 1.807) is 19.1 Å². The zero-order chi connectivity index (χ0) is 25.0. The number of aromatic nitrogens is 2. The van der Waals surface area contributed by atoms with Crippen molar-refractivity contribution in [3.05, 3.63) is 41.1 Å². The minimum Gasteiger partial charge on any atom is -0.495 e. The van der Waals surface area contributed by atoms with E-state index in [4.69, 9.17) is 18.9 Å². The molecular weight excluding hydrogens is 467 g/mol. The van der Waals surface area contributed by atoms with Crippen molar-refractivity contribution < 1.29 is 42.6 Å². The van der Waals surface area contributed by atoms with Gasteiger partial charge in [-0.15, -0.1) is 5.92 Å². The van der Waals surface area contributed by atoms with Crippen LogP contribution < -0.4 is 18.9 Å². The first-order chi connectivity index (χ1) is 16.2. The molecule has 0 saturated carbocycles. The molecule has 0 spiro atoms. The van der Waals surface area contributed by atoms with Crippen LogP contribution in [0.2, 0.25) is 0 Å². The van der Waals surface area contributed by atoms with Gasteiger partial charge >= 0.3 is 7.82 Å². The second kappa shape index (κ2) is 10.2. The third kappa shape index (κ3) is 4.85. The molecule has 2 N–H and O–H groups in total. The van der Waals surface area contributed by atoms with Crippen molar-refractivity contribution in [2.45, 2.75) is 13.7 Å². The Hall–Kier alpha value is -3.55. The topological polar surface area (TPSA) is 139 Å². The maximum atomic E-state index is 13.5. The number of benzene rings is 2. The van der Waals surface area contributed by atoms with Crippen molar-refractivity contribution in [3.8, 4) is 34.8 Å². The number of phosphoric ester groups is 1. The molecule has 0 unspecified atom stereocenters. The predicted octanol–water partition coefficient (Wildman–Crippen LogP) is 2.74. The Labute approximate surface area is 195 Å². The van der Waals surface area contributed by atoms with E-state index in [-0.39, 0.29) is 22.8 Å². The minimum atomic E-state index is -4.82. The Bertz CT molecular complexity index is 1320. The maximum absolute atomic E-state index is 13.5. The first kappa shape index (κ1) is 25.1. The number of ether oxygens (including phenoxy) is 4. The average molecular weight is 490 g/mol. The van der Waals surface area contributed by atoms with Crippen LogP contribution in [-0.2, 0) is 15.8 Å². The summed E-state index contributed by atoms with van der Waals surface area (Å²) in [6, 6.07) is 6.21. The van der Waals surface area contributed by atoms with Gasteiger partial charge in [0.05, 0.1) is 39.5 Å². The van der Waals surface area contributed by atoms with Gasteiger partial charge in [0.25, 0.3) is 0 Å². The van der Waals surface area contributed by atoms with Gasteiger partial charge in [0, 0.05) is 10.9 Å². The lowest BCUT2D eigenvalue weighted by Crippen LogP contribution is -2.08. The van der Waals surface area contributed by atoms with Crippen LogP contribution in [0.5, 0.6) is 23.0 Å². The van der Waals surface area contributed by atoms with Crippen LogP contribution in [0.25, 0.3) is 10.9 Å². The third-order valence-electron chi connectivity index (χ3n) is 4.83. The van der Waals surface area contributed by atoms with Crippen molar-refractivity contribution in [2.75, 3.05) is 28.4 Å². The number of methoxy groups -OCH3 is 4. The van der Waals surface area contributed by atoms with E-state index in [1.807, 2.05) is 0 Å². The highest BCUT2D eigenvalue weighted by Gasteiger charge is 2.26. The predicted molar refractivity (Wildman–Crippen MR) is 121 cm³/mol. The maximum Gasteiger partial charge on any atom is 0.471 e. The van der Waals surface area contributed by atoms with E-state index >= 15 is 0 Å². The van der Waals surface area contributed by atoms with Crippen molar-refractivity contribution in [3.63, 3.8) is 0 Å². The molecule has 0 aliphatic heterocycles. The Morgan fingerprint density at radius 2 is 1.65 bits per heavy atom. The van der Waals surface area contributed by atoms with Crippen LogP contribution in [0.15, 0.2) is 24.3 Å². The Morgan fingerprint density at radius 3 is 2.15 bits per heavy atom. The molecule has 12 heteroatoms. The standard InChI is InChI=1S/C22H23N2O9P/c1-6-7-14-16(29-2)9-8-15-19(23-24(20(14)15)12-33-34(26,27)28)21(25)13-10-17(30-3)22(32-5)18(11-13)31-4/h8-11H,12H2,1-5H3,(H2,26,27,28). The summed E-state index contributed by atoms with van der Waals surface area (Å²) in [5, 5.41) is 4.68. The average Bonchev–Trinajstić information content (AvgIpc) is 3.20. The first-order valence-electron chi connectivity index (χ1n) is 9.74. The first-order valence-corrected chi connectivity index (χ1v) is 11.3. The van der Waals surface area contributed by atoms with Crippen LogP contribution in [0, 0.1) is 11.8 Å². The van der Waals surface area contributed by atoms with E-state index in [0.717, 1.165) is 4.68 Å². The Morgan fingerprint density at radius 1 is 1.03 bits per heavy atom. The lowest BCUT2D eigenvalue weighted by Gasteiger charge is -2.13. The molecule has 0 amide bonds. The summed E-state index contributed by atoms with van der Waals surface area (Å²) in [6.45, 7) is 0.988. The number of hydrogen-bond donors (Lipinski definition) is 2. The summed E-state index contributed by atoms with van der Waals surface area (Å²) < 4.78 is 38.5. The van der Waals surface area contributed by atoms with Gasteiger partial charge < -0.3 is 28.7 Å². The van der Waals surface area contributed by atoms with Crippen molar-refractivity contribution in [2.24, 2.45) is 0 Å². The van der Waals surface area contributed by atoms with Gasteiger partial charge in [0.1, 0.15) is 11.4 Å². The van der Waals surface area contributed by atoms with Crippen LogP contribution in [0.1, 0.15) is 28.5 Å². The number of hydrogen-bond acceptors (Lipinski definition) is 8. The van der Waals surface area contributed by atoms with Gasteiger partial charge in [-0.25, -0.2) is 9.25 Å². The number of phosphoric acid groups is 1. The zero-order valence-corrected chi connectivity index (χ0v) is 20.0. The Kier molecular flexibility index (Phi) is 7.49. The molecule has 0 bridgehead atoms. The fourth-order valence-corrected chi connectivity index (χ4v) is 3.67. The molecule has 2 aromatic carbocycles. The largest absolute Gasteiger partial charge is 0.495 e. The van der Waals surface area contributed by atoms with E-state index in [0.29, 0.717) is 28.0 Å². The molecule has 0 radical (unpaired) electrons. The van der Waals surface area contributed by atoms with E-state index in [1.165, 1.54) is 40.6 Å². The highest BCUT2D eigenvalue weighted by molar-refractivity contribution is 7.46. The van der Waals surface area contributed by atoms with Crippen LogP contribution in [0.4, 0.5) is 0 Å². The number of rotatable bonds is 9. The normalized spacial score (nSPS) is 11.0. The molecule has 11 nitrogen and oxygen atoms in total. The molecule has 0 aliphatic carbocycles. The highest BCUT2D eigenvalue weighted by Crippen LogP contribution is 2.40. The quantitative estimate of drug-likeness (QED) is 0.262. The van der Waals surface area contributed by atoms with Gasteiger partial charge in [-0.3, -0.25) is 9.32 Å². The summed E-state index contributed by atoms with van der Waals surface area (Å²) >= 11 is 0. The number of fused-ring (bicyclic) bond motifs is 1. The second-order valence-electron chi connectivity index (χ2n) is 6.75. The summed E-state index contributed by atoms with van der Waals surface area (Å²) in [7, 11) is 0.935. The van der Waals surface area contributed by atoms with Crippen molar-refractivity contribution in [1.82, 2.24) is 9.78 Å². The van der Waals surface area contributed by atoms with Gasteiger partial charge in [-0.1, -0.05) is 5.92 Å². The smallest absolute Gasteiger partial charge is 0.471 e. The number of nitrogens with zero attached hydrogens (tertiary/aromatic N) is 2. The molecule has 34 heavy (non-hydrogen) atoms. The molecule has 3 aromatic rings. The van der Waals surface area contributed by atoms with Crippen molar-refractivity contribution >= 4 is 24.5 Å². The number of ketones is 1. The molecule has 1 aromatic heterocycles. The molecule has 0 fully saturated rings. The molecular formula is C22H23N2O9P. The lowest BCUT2D eigenvalue weighted by molar-refractivity contribution is 0.103. The van der Waals surface area contributed by atoms with Gasteiger partial charge in [0.15, 0.2) is 18.2 Å².